The molecule has 2 heterocycles. The molecule has 0 radical (unpaired) electrons. The highest BCUT2D eigenvalue weighted by atomic mass is 35.5. The molecule has 0 spiro atoms. The van der Waals surface area contributed by atoms with Crippen molar-refractivity contribution >= 4 is 11.6 Å². The molecular formula is C51H112ClNO4. The third-order valence-electron chi connectivity index (χ3n) is 12.2. The first kappa shape index (κ1) is 66.2. The minimum atomic E-state index is -0.250. The van der Waals surface area contributed by atoms with E-state index in [1.54, 1.807) is 0 Å². The van der Waals surface area contributed by atoms with Crippen molar-refractivity contribution in [1.82, 2.24) is 4.90 Å². The fourth-order valence-corrected chi connectivity index (χ4v) is 3.82. The summed E-state index contributed by atoms with van der Waals surface area (Å²) in [7, 11) is 2.17. The lowest BCUT2D eigenvalue weighted by Crippen LogP contribution is -2.29. The highest BCUT2D eigenvalue weighted by Gasteiger charge is 2.43. The van der Waals surface area contributed by atoms with E-state index in [2.05, 4.69) is 164 Å². The van der Waals surface area contributed by atoms with Gasteiger partial charge in [0.2, 0.25) is 0 Å². The van der Waals surface area contributed by atoms with E-state index < -0.39 is 0 Å². The molecule has 4 rings (SSSR count). The average molecular weight is 839 g/mol. The first-order chi connectivity index (χ1) is 25.7. The van der Waals surface area contributed by atoms with Crippen LogP contribution in [0.15, 0.2) is 0 Å². The fraction of sp³-hybridized carbons (Fsp3) is 1.00. The summed E-state index contributed by atoms with van der Waals surface area (Å²) in [4.78, 5) is 2.36. The Kier molecular flexibility index (Phi) is 40.2. The van der Waals surface area contributed by atoms with E-state index in [0.717, 1.165) is 55.1 Å². The molecule has 2 saturated heterocycles. The summed E-state index contributed by atoms with van der Waals surface area (Å²) in [6.45, 7) is 55.0. The Balaban J connectivity index is -0.000000180. The monoisotopic (exact) mass is 838 g/mol. The minimum Gasteiger partial charge on any atom is -0.396 e. The Morgan fingerprint density at radius 3 is 0.965 bits per heavy atom. The maximum Gasteiger partial charge on any atom is 0.0672 e. The van der Waals surface area contributed by atoms with Gasteiger partial charge in [-0.1, -0.05) is 159 Å². The third-order valence-corrected chi connectivity index (χ3v) is 12.8. The van der Waals surface area contributed by atoms with Crippen LogP contribution in [0.2, 0.25) is 0 Å². The molecule has 4 aliphatic rings. The van der Waals surface area contributed by atoms with Crippen LogP contribution in [0.3, 0.4) is 0 Å². The summed E-state index contributed by atoms with van der Waals surface area (Å²) >= 11 is 5.64. The van der Waals surface area contributed by atoms with Gasteiger partial charge >= 0.3 is 0 Å². The van der Waals surface area contributed by atoms with Gasteiger partial charge < -0.3 is 25.0 Å². The van der Waals surface area contributed by atoms with Gasteiger partial charge in [0.05, 0.1) is 5.60 Å². The number of aliphatic hydroxyl groups is 3. The van der Waals surface area contributed by atoms with Gasteiger partial charge in [0.1, 0.15) is 0 Å². The summed E-state index contributed by atoms with van der Waals surface area (Å²) in [6.07, 6.45) is 10.3. The van der Waals surface area contributed by atoms with Gasteiger partial charge in [-0.25, -0.2) is 0 Å². The van der Waals surface area contributed by atoms with Crippen LogP contribution in [0.1, 0.15) is 211 Å². The number of rotatable bonds is 7. The zero-order chi connectivity index (χ0) is 46.4. The highest BCUT2D eigenvalue weighted by molar-refractivity contribution is 6.18. The van der Waals surface area contributed by atoms with Crippen molar-refractivity contribution in [3.8, 4) is 0 Å². The lowest BCUT2D eigenvalue weighted by molar-refractivity contribution is 0.0996. The molecule has 0 amide bonds. The molecule has 2 aliphatic heterocycles. The molecule has 0 aromatic carbocycles. The first-order valence-corrected chi connectivity index (χ1v) is 24.0. The van der Waals surface area contributed by atoms with Gasteiger partial charge in [0.15, 0.2) is 0 Å². The lowest BCUT2D eigenvalue weighted by Gasteiger charge is -2.28. The summed E-state index contributed by atoms with van der Waals surface area (Å²) in [6, 6.07) is 0. The van der Waals surface area contributed by atoms with Gasteiger partial charge in [0, 0.05) is 37.7 Å². The molecule has 1 atom stereocenters. The standard InChI is InChI=1S/C7H15ClO.C7H16O.C7H14.C7H16.C6H12O.C5H11N.C4H8O.2C4H10/c1-6(2)7(3,4-8)5-9;1-6(2)7(3,4)5-8;1-6(2)7(3)4-5-7;1-6(2)7(3,4)5;1-5(2)6(7)3-4-6;1-6-4-2-3-5-6;1-2-4-5-3-1;2*1-4(2)3/h6,9H,4-5H2,1-3H3;6,8H,5H2,1-4H3;6H,4-5H2,1-3H3;6H,1-5H3;5,7H,3-4H2,1-2H3;2-5H2,1H3;1-4H2;2*4H,1-3H3. The largest absolute Gasteiger partial charge is 0.396 e. The van der Waals surface area contributed by atoms with E-state index in [-0.39, 0.29) is 29.6 Å². The van der Waals surface area contributed by atoms with Crippen LogP contribution in [-0.2, 0) is 4.74 Å². The van der Waals surface area contributed by atoms with Crippen LogP contribution in [-0.4, -0.2) is 78.3 Å². The Morgan fingerprint density at radius 1 is 0.579 bits per heavy atom. The van der Waals surface area contributed by atoms with E-state index in [4.69, 9.17) is 26.6 Å². The number of hydrogen-bond donors (Lipinski definition) is 3. The molecule has 0 aromatic heterocycles. The molecule has 0 aromatic rings. The van der Waals surface area contributed by atoms with Gasteiger partial charge in [-0.3, -0.25) is 0 Å². The van der Waals surface area contributed by atoms with Crippen LogP contribution in [0.5, 0.6) is 0 Å². The molecular weight excluding hydrogens is 726 g/mol. The smallest absolute Gasteiger partial charge is 0.0672 e. The van der Waals surface area contributed by atoms with E-state index in [9.17, 15) is 5.11 Å². The summed E-state index contributed by atoms with van der Waals surface area (Å²) < 4.78 is 4.94. The Bertz CT molecular complexity index is 784. The van der Waals surface area contributed by atoms with Crippen LogP contribution in [0.4, 0.5) is 0 Å². The van der Waals surface area contributed by atoms with Crippen molar-refractivity contribution in [2.75, 3.05) is 52.4 Å². The number of hydrogen-bond acceptors (Lipinski definition) is 5. The molecule has 5 nitrogen and oxygen atoms in total. The number of aliphatic hydroxyl groups excluding tert-OH is 2. The quantitative estimate of drug-likeness (QED) is 0.223. The number of nitrogens with zero attached hydrogens (tertiary/aromatic N) is 1. The zero-order valence-electron chi connectivity index (χ0n) is 43.7. The van der Waals surface area contributed by atoms with E-state index in [1.165, 1.54) is 51.6 Å². The maximum absolute atomic E-state index is 9.21. The van der Waals surface area contributed by atoms with E-state index in [1.807, 2.05) is 6.92 Å². The minimum absolute atomic E-state index is 0.0957. The van der Waals surface area contributed by atoms with E-state index in [0.29, 0.717) is 29.0 Å². The second-order valence-corrected chi connectivity index (χ2v) is 23.1. The second kappa shape index (κ2) is 34.7. The number of halogens is 1. The van der Waals surface area contributed by atoms with Crippen LogP contribution in [0.25, 0.3) is 0 Å². The molecule has 0 bridgehead atoms. The molecule has 3 N–H and O–H groups in total. The molecule has 352 valence electrons. The van der Waals surface area contributed by atoms with Crippen molar-refractivity contribution in [3.05, 3.63) is 0 Å². The van der Waals surface area contributed by atoms with E-state index >= 15 is 0 Å². The zero-order valence-corrected chi connectivity index (χ0v) is 44.5. The maximum atomic E-state index is 9.21. The van der Waals surface area contributed by atoms with Crippen molar-refractivity contribution in [1.29, 1.82) is 0 Å². The Hall–Kier alpha value is 0.0900. The number of ether oxygens (including phenoxy) is 1. The predicted molar refractivity (Wildman–Crippen MR) is 260 cm³/mol. The predicted octanol–water partition coefficient (Wildman–Crippen LogP) is 14.7. The lowest BCUT2D eigenvalue weighted by atomic mass is 9.82. The molecule has 2 aliphatic carbocycles. The van der Waals surface area contributed by atoms with Crippen molar-refractivity contribution in [2.24, 2.45) is 63.1 Å². The molecule has 4 fully saturated rings. The number of alkyl halides is 1. The van der Waals surface area contributed by atoms with Crippen LogP contribution >= 0.6 is 11.6 Å². The van der Waals surface area contributed by atoms with Crippen LogP contribution < -0.4 is 0 Å². The SMILES string of the molecule is C1CCOC1.CC(C)C.CC(C)C.CC(C)C(C)(C)C.CC(C)C(C)(C)CO.CC(C)C(C)(CO)CCl.CC(C)C1(C)CC1.CC(C)C1(O)CC1.CN1CCCC1. The summed E-state index contributed by atoms with van der Waals surface area (Å²) in [5.41, 5.74) is 1.00. The number of likely N-dealkylation sites (tertiary alicyclic amines) is 1. The molecule has 57 heavy (non-hydrogen) atoms. The first-order valence-electron chi connectivity index (χ1n) is 23.4. The Labute approximate surface area is 367 Å². The van der Waals surface area contributed by atoms with Crippen LogP contribution in [0, 0.1) is 63.1 Å². The van der Waals surface area contributed by atoms with Gasteiger partial charge in [0.25, 0.3) is 0 Å². The summed E-state index contributed by atoms with van der Waals surface area (Å²) in [5.74, 6) is 5.38. The molecule has 6 heteroatoms. The molecule has 2 saturated carbocycles. The average Bonchev–Trinajstić information content (AvgIpc) is 3.83. The normalized spacial score (nSPS) is 18.6. The van der Waals surface area contributed by atoms with Crippen molar-refractivity contribution in [3.63, 3.8) is 0 Å². The van der Waals surface area contributed by atoms with Gasteiger partial charge in [-0.05, 0) is 129 Å². The second-order valence-electron chi connectivity index (χ2n) is 22.8. The summed E-state index contributed by atoms with van der Waals surface area (Å²) in [5, 5.41) is 26.8. The Morgan fingerprint density at radius 2 is 0.930 bits per heavy atom. The topological polar surface area (TPSA) is 73.2 Å². The van der Waals surface area contributed by atoms with Crippen molar-refractivity contribution < 1.29 is 20.1 Å². The van der Waals surface area contributed by atoms with Gasteiger partial charge in [-0.15, -0.1) is 11.6 Å². The molecule has 1 unspecified atom stereocenters. The third kappa shape index (κ3) is 44.0. The fourth-order valence-electron chi connectivity index (χ4n) is 3.43. The van der Waals surface area contributed by atoms with Gasteiger partial charge in [-0.2, -0.15) is 0 Å². The van der Waals surface area contributed by atoms with Crippen molar-refractivity contribution in [2.45, 2.75) is 216 Å². The highest BCUT2D eigenvalue weighted by Crippen LogP contribution is 2.51.